The average molecular weight is 971 g/mol. The zero-order chi connectivity index (χ0) is 49.7. The van der Waals surface area contributed by atoms with E-state index in [9.17, 15) is 33.6 Å². The van der Waals surface area contributed by atoms with E-state index in [1.54, 1.807) is 72.8 Å². The fraction of sp³-hybridized carbons (Fsp3) is 0.380. The molecule has 0 radical (unpaired) electrons. The van der Waals surface area contributed by atoms with Crippen molar-refractivity contribution in [2.75, 3.05) is 26.9 Å². The first-order valence-electron chi connectivity index (χ1n) is 22.0. The normalized spacial score (nSPS) is 26.9. The molecule has 370 valence electrons. The molecule has 20 nitrogen and oxygen atoms in total. The van der Waals surface area contributed by atoms with E-state index in [4.69, 9.17) is 61.6 Å². The summed E-state index contributed by atoms with van der Waals surface area (Å²) in [7, 11) is 1.30. The molecule has 4 aromatic carbocycles. The van der Waals surface area contributed by atoms with E-state index in [2.05, 4.69) is 0 Å². The third-order valence-electron chi connectivity index (χ3n) is 11.0. The molecule has 12 atom stereocenters. The van der Waals surface area contributed by atoms with Crippen molar-refractivity contribution >= 4 is 41.8 Å². The number of hydrogen-bond donors (Lipinski definition) is 0. The zero-order valence-corrected chi connectivity index (χ0v) is 38.3. The molecule has 70 heavy (non-hydrogen) atoms. The van der Waals surface area contributed by atoms with Crippen molar-refractivity contribution < 1.29 is 95.1 Å². The summed E-state index contributed by atoms with van der Waals surface area (Å²) in [5.41, 5.74) is 0.650. The molecule has 0 aliphatic carbocycles. The molecule has 3 saturated heterocycles. The predicted molar refractivity (Wildman–Crippen MR) is 235 cm³/mol. The summed E-state index contributed by atoms with van der Waals surface area (Å²) in [6, 6.07) is 32.0. The number of carbonyl (C=O) groups excluding carboxylic acids is 7. The van der Waals surface area contributed by atoms with Crippen molar-refractivity contribution in [3.8, 4) is 0 Å². The molecule has 3 heterocycles. The first kappa shape index (κ1) is 50.8. The van der Waals surface area contributed by atoms with Crippen molar-refractivity contribution in [2.24, 2.45) is 0 Å². The molecule has 0 spiro atoms. The van der Waals surface area contributed by atoms with Crippen molar-refractivity contribution in [2.45, 2.75) is 94.6 Å². The lowest BCUT2D eigenvalue weighted by molar-refractivity contribution is -0.223. The van der Waals surface area contributed by atoms with Crippen molar-refractivity contribution in [3.63, 3.8) is 0 Å². The van der Waals surface area contributed by atoms with Crippen LogP contribution in [0.25, 0.3) is 0 Å². The van der Waals surface area contributed by atoms with Gasteiger partial charge in [0.25, 0.3) is 0 Å². The highest BCUT2D eigenvalue weighted by molar-refractivity contribution is 5.91. The summed E-state index contributed by atoms with van der Waals surface area (Å²) in [6.07, 6.45) is -17.1. The van der Waals surface area contributed by atoms with E-state index >= 15 is 0 Å². The molecule has 0 amide bonds. The number of rotatable bonds is 19. The highest BCUT2D eigenvalue weighted by atomic mass is 16.8. The van der Waals surface area contributed by atoms with Crippen LogP contribution in [-0.2, 0) is 76.0 Å². The zero-order valence-electron chi connectivity index (χ0n) is 38.3. The summed E-state index contributed by atoms with van der Waals surface area (Å²) in [5, 5.41) is 0. The smallest absolute Gasteiger partial charge is 0.338 e. The van der Waals surface area contributed by atoms with Gasteiger partial charge in [-0.25, -0.2) is 19.2 Å². The van der Waals surface area contributed by atoms with Gasteiger partial charge in [-0.2, -0.15) is 0 Å². The van der Waals surface area contributed by atoms with Crippen LogP contribution in [0.2, 0.25) is 0 Å². The summed E-state index contributed by atoms with van der Waals surface area (Å²) in [6.45, 7) is 1.80. The summed E-state index contributed by atoms with van der Waals surface area (Å²) < 4.78 is 77.1. The Morgan fingerprint density at radius 1 is 0.386 bits per heavy atom. The van der Waals surface area contributed by atoms with Crippen LogP contribution in [0.4, 0.5) is 0 Å². The molecular formula is C50H50O20. The topological polar surface area (TPSA) is 239 Å². The Morgan fingerprint density at radius 2 is 0.743 bits per heavy atom. The molecule has 3 fully saturated rings. The fourth-order valence-corrected chi connectivity index (χ4v) is 7.78. The monoisotopic (exact) mass is 970 g/mol. The average Bonchev–Trinajstić information content (AvgIpc) is 3.98. The van der Waals surface area contributed by atoms with Gasteiger partial charge >= 0.3 is 41.8 Å². The van der Waals surface area contributed by atoms with Crippen LogP contribution in [0.3, 0.4) is 0 Å². The molecule has 0 bridgehead atoms. The van der Waals surface area contributed by atoms with E-state index in [1.165, 1.54) is 55.6 Å². The van der Waals surface area contributed by atoms with Crippen LogP contribution < -0.4 is 0 Å². The van der Waals surface area contributed by atoms with Gasteiger partial charge < -0.3 is 61.6 Å². The van der Waals surface area contributed by atoms with E-state index in [-0.39, 0.29) is 22.3 Å². The van der Waals surface area contributed by atoms with Crippen LogP contribution >= 0.6 is 0 Å². The van der Waals surface area contributed by atoms with Crippen LogP contribution in [0.5, 0.6) is 0 Å². The lowest BCUT2D eigenvalue weighted by Crippen LogP contribution is -2.47. The molecule has 20 heteroatoms. The number of esters is 7. The van der Waals surface area contributed by atoms with Crippen molar-refractivity contribution in [1.29, 1.82) is 0 Å². The number of ether oxygens (including phenoxy) is 13. The molecular weight excluding hydrogens is 921 g/mol. The van der Waals surface area contributed by atoms with Gasteiger partial charge in [0.15, 0.2) is 49.4 Å². The van der Waals surface area contributed by atoms with Gasteiger partial charge in [0, 0.05) is 27.9 Å². The van der Waals surface area contributed by atoms with Crippen molar-refractivity contribution in [3.05, 3.63) is 144 Å². The highest BCUT2D eigenvalue weighted by Gasteiger charge is 2.57. The minimum Gasteiger partial charge on any atom is -0.463 e. The van der Waals surface area contributed by atoms with Gasteiger partial charge in [-0.1, -0.05) is 72.8 Å². The van der Waals surface area contributed by atoms with Gasteiger partial charge in [-0.05, 0) is 48.5 Å². The lowest BCUT2D eigenvalue weighted by atomic mass is 10.1. The minimum absolute atomic E-state index is 0.100. The third kappa shape index (κ3) is 13.0. The first-order valence-corrected chi connectivity index (χ1v) is 22.0. The Bertz CT molecular complexity index is 2420. The SMILES string of the molecule is CO[C@H]1O[C@H](CO[C@H]2O[C@H](COC(=O)c3ccccc3)[C@@H](O[C@H]3O[C@H](COC(C)=O)[C@@H](OC(C)=O)[C@@H]3OC(C)=O)[C@@H]2OC(=O)c2ccccc2)[C@@H](OC(=O)c2ccccc2)[C@@H]1OC(=O)c1ccccc1. The second-order valence-electron chi connectivity index (χ2n) is 15.9. The van der Waals surface area contributed by atoms with Crippen LogP contribution in [-0.4, -0.2) is 143 Å². The summed E-state index contributed by atoms with van der Waals surface area (Å²) in [4.78, 5) is 91.2. The number of hydrogen-bond acceptors (Lipinski definition) is 20. The van der Waals surface area contributed by atoms with Gasteiger partial charge in [0.2, 0.25) is 0 Å². The van der Waals surface area contributed by atoms with E-state index in [0.717, 1.165) is 20.8 Å². The number of carbonyl (C=O) groups is 7. The molecule has 0 N–H and O–H groups in total. The molecule has 0 saturated carbocycles. The summed E-state index contributed by atoms with van der Waals surface area (Å²) in [5.74, 6) is -5.55. The Hall–Kier alpha value is -7.07. The van der Waals surface area contributed by atoms with Gasteiger partial charge in [0.1, 0.15) is 37.6 Å². The Balaban J connectivity index is 1.22. The quantitative estimate of drug-likeness (QED) is 0.0946. The Labute approximate surface area is 401 Å². The molecule has 3 aliphatic heterocycles. The second-order valence-corrected chi connectivity index (χ2v) is 15.9. The predicted octanol–water partition coefficient (Wildman–Crippen LogP) is 4.17. The molecule has 3 aliphatic rings. The maximum atomic E-state index is 14.0. The minimum atomic E-state index is -1.64. The molecule has 0 aromatic heterocycles. The molecule has 7 rings (SSSR count). The largest absolute Gasteiger partial charge is 0.463 e. The maximum Gasteiger partial charge on any atom is 0.338 e. The van der Waals surface area contributed by atoms with Gasteiger partial charge in [-0.15, -0.1) is 0 Å². The number of methoxy groups -OCH3 is 1. The highest BCUT2D eigenvalue weighted by Crippen LogP contribution is 2.37. The number of benzene rings is 4. The van der Waals surface area contributed by atoms with Crippen LogP contribution in [0, 0.1) is 0 Å². The van der Waals surface area contributed by atoms with Crippen LogP contribution in [0.15, 0.2) is 121 Å². The molecule has 4 aromatic rings. The van der Waals surface area contributed by atoms with Crippen LogP contribution in [0.1, 0.15) is 62.2 Å². The third-order valence-corrected chi connectivity index (χ3v) is 11.0. The summed E-state index contributed by atoms with van der Waals surface area (Å²) >= 11 is 0. The first-order chi connectivity index (χ1) is 33.8. The second kappa shape index (κ2) is 24.0. The standard InChI is InChI=1S/C50H50O20/c1-28(51)59-25-35-38(62-29(2)52)43(63-30(3)53)50(66-35)70-40-36(26-60-44(54)31-17-9-5-10-18-31)65-49(42(40)69-47(57)34-23-15-8-16-24-34)61-27-37-39(67-45(55)32-19-11-6-12-20-32)41(48(58-4)64-37)68-46(56)33-21-13-7-14-22-33/h5-24,35-43,48-50H,25-27H2,1-4H3/t35-,36-,37-,38-,39-,40-,41+,42+,43+,48+,49+,50-/m1/s1. The Morgan fingerprint density at radius 3 is 1.21 bits per heavy atom. The van der Waals surface area contributed by atoms with E-state index < -0.39 is 135 Å². The van der Waals surface area contributed by atoms with Gasteiger partial charge in [-0.3, -0.25) is 14.4 Å². The Kier molecular flexibility index (Phi) is 17.4. The maximum absolute atomic E-state index is 14.0. The molecule has 0 unspecified atom stereocenters. The fourth-order valence-electron chi connectivity index (χ4n) is 7.78. The van der Waals surface area contributed by atoms with E-state index in [0.29, 0.717) is 0 Å². The van der Waals surface area contributed by atoms with E-state index in [1.807, 2.05) is 0 Å². The van der Waals surface area contributed by atoms with Gasteiger partial charge in [0.05, 0.1) is 28.9 Å². The van der Waals surface area contributed by atoms with Crippen molar-refractivity contribution in [1.82, 2.24) is 0 Å². The lowest BCUT2D eigenvalue weighted by Gasteiger charge is -2.29.